The van der Waals surface area contributed by atoms with Gasteiger partial charge in [-0.1, -0.05) is 26.8 Å². The maximum Gasteiger partial charge on any atom is 0.344 e. The van der Waals surface area contributed by atoms with Crippen LogP contribution in [0.2, 0.25) is 0 Å². The molecule has 2 heterocycles. The number of aryl methyl sites for hydroxylation is 1. The number of hydrogen-bond donors (Lipinski definition) is 3. The zero-order valence-electron chi connectivity index (χ0n) is 18.3. The lowest BCUT2D eigenvalue weighted by Gasteiger charge is -2.24. The van der Waals surface area contributed by atoms with Crippen LogP contribution in [0.5, 0.6) is 11.5 Å². The molecule has 0 fully saturated rings. The van der Waals surface area contributed by atoms with E-state index >= 15 is 0 Å². The Morgan fingerprint density at radius 1 is 1.29 bits per heavy atom. The van der Waals surface area contributed by atoms with Gasteiger partial charge in [0.15, 0.2) is 23.4 Å². The van der Waals surface area contributed by atoms with Gasteiger partial charge in [-0.2, -0.15) is 0 Å². The number of Topliss-reactive ketones (excluding diaryl/α,β-unsaturated/α-hetero) is 1. The van der Waals surface area contributed by atoms with E-state index in [1.54, 1.807) is 11.0 Å². The number of carboxylic acids is 1. The molecular weight excluding hydrogens is 398 g/mol. The number of benzene rings is 1. The van der Waals surface area contributed by atoms with Gasteiger partial charge in [0, 0.05) is 28.9 Å². The normalized spacial score (nSPS) is 14.4. The van der Waals surface area contributed by atoms with Crippen molar-refractivity contribution in [2.45, 2.75) is 52.7 Å². The second kappa shape index (κ2) is 8.02. The van der Waals surface area contributed by atoms with Crippen LogP contribution in [0.15, 0.2) is 24.3 Å². The van der Waals surface area contributed by atoms with Crippen LogP contribution >= 0.6 is 0 Å². The first-order valence-electron chi connectivity index (χ1n) is 9.99. The van der Waals surface area contributed by atoms with Crippen molar-refractivity contribution in [3.05, 3.63) is 52.3 Å². The Morgan fingerprint density at radius 2 is 1.97 bits per heavy atom. The number of nitrogens with zero attached hydrogens (tertiary/aromatic N) is 2. The Bertz CT molecular complexity index is 1070. The minimum absolute atomic E-state index is 0.0451. The third kappa shape index (κ3) is 4.52. The first kappa shape index (κ1) is 22.3. The van der Waals surface area contributed by atoms with Crippen LogP contribution < -0.4 is 4.74 Å². The lowest BCUT2D eigenvalue weighted by atomic mass is 9.84. The van der Waals surface area contributed by atoms with E-state index in [0.29, 0.717) is 17.8 Å². The molecule has 0 radical (unpaired) electrons. The molecule has 0 bridgehead atoms. The van der Waals surface area contributed by atoms with Crippen LogP contribution in [0.4, 0.5) is 0 Å². The van der Waals surface area contributed by atoms with Crippen LogP contribution in [-0.2, 0) is 16.8 Å². The van der Waals surface area contributed by atoms with Crippen LogP contribution in [0.3, 0.4) is 0 Å². The van der Waals surface area contributed by atoms with Gasteiger partial charge in [-0.15, -0.1) is 0 Å². The molecule has 1 aliphatic heterocycles. The molecule has 31 heavy (non-hydrogen) atoms. The third-order valence-corrected chi connectivity index (χ3v) is 5.21. The number of aliphatic carboxylic acids is 1. The molecule has 1 unspecified atom stereocenters. The second-order valence-corrected chi connectivity index (χ2v) is 8.81. The van der Waals surface area contributed by atoms with E-state index < -0.39 is 17.5 Å². The van der Waals surface area contributed by atoms with E-state index in [9.17, 15) is 14.7 Å². The number of ether oxygens (including phenoxy) is 1. The van der Waals surface area contributed by atoms with Gasteiger partial charge < -0.3 is 19.8 Å². The molecule has 164 valence electrons. The Balaban J connectivity index is 1.92. The molecule has 3 rings (SSSR count). The third-order valence-electron chi connectivity index (χ3n) is 5.21. The number of aromatic nitrogens is 1. The number of phenols is 1. The minimum Gasteiger partial charge on any atom is -0.504 e. The fraction of sp³-hybridized carbons (Fsp3) is 0.391. The number of pyridine rings is 1. The van der Waals surface area contributed by atoms with Gasteiger partial charge in [0.2, 0.25) is 0 Å². The SMILES string of the molecule is Cc1ccc2c(n1)C(=N)N(CC(=O)c1cc(OC(C)C(=O)O)c(O)c(C(C)(C)C)c1)C2. The van der Waals surface area contributed by atoms with E-state index in [4.69, 9.17) is 15.3 Å². The van der Waals surface area contributed by atoms with Crippen molar-refractivity contribution in [1.29, 1.82) is 5.41 Å². The Labute approximate surface area is 181 Å². The average molecular weight is 425 g/mol. The molecule has 1 atom stereocenters. The number of nitrogens with one attached hydrogen (secondary N) is 1. The number of fused-ring (bicyclic) bond motifs is 1. The fourth-order valence-corrected chi connectivity index (χ4v) is 3.42. The number of rotatable bonds is 6. The number of aromatic hydroxyl groups is 1. The van der Waals surface area contributed by atoms with Gasteiger partial charge in [0.1, 0.15) is 11.5 Å². The molecule has 2 aromatic rings. The number of carbonyl (C=O) groups is 2. The van der Waals surface area contributed by atoms with Gasteiger partial charge in [0.05, 0.1) is 6.54 Å². The summed E-state index contributed by atoms with van der Waals surface area (Å²) in [5.41, 5.74) is 2.52. The Hall–Kier alpha value is -3.42. The lowest BCUT2D eigenvalue weighted by molar-refractivity contribution is -0.144. The molecule has 0 saturated heterocycles. The molecule has 0 amide bonds. The number of carboxylic acid groups (broad SMARTS) is 1. The van der Waals surface area contributed by atoms with Crippen molar-refractivity contribution >= 4 is 17.6 Å². The zero-order chi connectivity index (χ0) is 23.1. The predicted octanol–water partition coefficient (Wildman–Crippen LogP) is 3.27. The van der Waals surface area contributed by atoms with Crippen molar-refractivity contribution in [3.8, 4) is 11.5 Å². The number of phenolic OH excluding ortho intramolecular Hbond substituents is 1. The molecule has 8 heteroatoms. The molecule has 8 nitrogen and oxygen atoms in total. The number of hydrogen-bond acceptors (Lipinski definition) is 6. The van der Waals surface area contributed by atoms with Crippen LogP contribution in [0.1, 0.15) is 60.6 Å². The van der Waals surface area contributed by atoms with E-state index in [-0.39, 0.29) is 35.2 Å². The monoisotopic (exact) mass is 425 g/mol. The summed E-state index contributed by atoms with van der Waals surface area (Å²) >= 11 is 0. The fourth-order valence-electron chi connectivity index (χ4n) is 3.42. The summed E-state index contributed by atoms with van der Waals surface area (Å²) in [6.07, 6.45) is -1.19. The van der Waals surface area contributed by atoms with E-state index in [1.165, 1.54) is 13.0 Å². The highest BCUT2D eigenvalue weighted by Gasteiger charge is 2.30. The van der Waals surface area contributed by atoms with E-state index in [0.717, 1.165) is 11.3 Å². The number of amidine groups is 1. The van der Waals surface area contributed by atoms with Crippen molar-refractivity contribution in [3.63, 3.8) is 0 Å². The smallest absolute Gasteiger partial charge is 0.344 e. The van der Waals surface area contributed by atoms with Crippen LogP contribution in [0, 0.1) is 12.3 Å². The standard InChI is InChI=1S/C23H27N3O5/c1-12-6-7-14-10-26(21(24)19(14)25-12)11-17(27)15-8-16(23(3,4)5)20(28)18(9-15)31-13(2)22(29)30/h6-9,13,24,28H,10-11H2,1-5H3,(H,29,30). The molecule has 0 aliphatic carbocycles. The van der Waals surface area contributed by atoms with Crippen LogP contribution in [0.25, 0.3) is 0 Å². The van der Waals surface area contributed by atoms with Gasteiger partial charge in [-0.25, -0.2) is 9.78 Å². The molecule has 1 aliphatic rings. The zero-order valence-corrected chi connectivity index (χ0v) is 18.3. The van der Waals surface area contributed by atoms with Crippen molar-refractivity contribution in [2.75, 3.05) is 6.54 Å². The van der Waals surface area contributed by atoms with Crippen molar-refractivity contribution in [1.82, 2.24) is 9.88 Å². The largest absolute Gasteiger partial charge is 0.504 e. The number of carbonyl (C=O) groups excluding carboxylic acids is 1. The highest BCUT2D eigenvalue weighted by molar-refractivity contribution is 6.04. The molecule has 0 saturated carbocycles. The predicted molar refractivity (Wildman–Crippen MR) is 115 cm³/mol. The topological polar surface area (TPSA) is 124 Å². The second-order valence-electron chi connectivity index (χ2n) is 8.81. The molecule has 1 aromatic carbocycles. The lowest BCUT2D eigenvalue weighted by Crippen LogP contribution is -2.31. The quantitative estimate of drug-likeness (QED) is 0.607. The highest BCUT2D eigenvalue weighted by atomic mass is 16.5. The Kier molecular flexibility index (Phi) is 5.76. The molecule has 3 N–H and O–H groups in total. The van der Waals surface area contributed by atoms with Crippen molar-refractivity contribution in [2.24, 2.45) is 0 Å². The highest BCUT2D eigenvalue weighted by Crippen LogP contribution is 2.39. The number of ketones is 1. The van der Waals surface area contributed by atoms with E-state index in [2.05, 4.69) is 4.98 Å². The molecule has 1 aromatic heterocycles. The minimum atomic E-state index is -1.19. The first-order chi connectivity index (χ1) is 14.4. The average Bonchev–Trinajstić information content (AvgIpc) is 2.97. The summed E-state index contributed by atoms with van der Waals surface area (Å²) in [6.45, 7) is 9.20. The van der Waals surface area contributed by atoms with E-state index in [1.807, 2.05) is 39.8 Å². The summed E-state index contributed by atoms with van der Waals surface area (Å²) < 4.78 is 5.42. The van der Waals surface area contributed by atoms with Gasteiger partial charge in [-0.3, -0.25) is 10.2 Å². The maximum absolute atomic E-state index is 13.1. The van der Waals surface area contributed by atoms with Gasteiger partial charge in [-0.05, 0) is 37.5 Å². The summed E-state index contributed by atoms with van der Waals surface area (Å²) in [7, 11) is 0. The summed E-state index contributed by atoms with van der Waals surface area (Å²) in [4.78, 5) is 30.4. The van der Waals surface area contributed by atoms with Gasteiger partial charge >= 0.3 is 5.97 Å². The Morgan fingerprint density at radius 3 is 2.58 bits per heavy atom. The van der Waals surface area contributed by atoms with Gasteiger partial charge in [0.25, 0.3) is 0 Å². The maximum atomic E-state index is 13.1. The molecule has 0 spiro atoms. The van der Waals surface area contributed by atoms with Crippen LogP contribution in [-0.4, -0.2) is 50.3 Å². The summed E-state index contributed by atoms with van der Waals surface area (Å²) in [5, 5.41) is 28.2. The summed E-state index contributed by atoms with van der Waals surface area (Å²) in [6, 6.07) is 6.75. The first-order valence-corrected chi connectivity index (χ1v) is 9.99. The summed E-state index contributed by atoms with van der Waals surface area (Å²) in [5.74, 6) is -1.49. The van der Waals surface area contributed by atoms with Crippen molar-refractivity contribution < 1.29 is 24.5 Å². The molecular formula is C23H27N3O5.